The Balaban J connectivity index is 2.62. The number of hydrogen-bond donors (Lipinski definition) is 1. The van der Waals surface area contributed by atoms with E-state index in [1.54, 1.807) is 6.07 Å². The molecule has 0 radical (unpaired) electrons. The number of carbonyl (C=O) groups is 1. The van der Waals surface area contributed by atoms with Crippen LogP contribution in [-0.4, -0.2) is 22.0 Å². The number of halogens is 2. The van der Waals surface area contributed by atoms with Gasteiger partial charge in [-0.3, -0.25) is 9.55 Å². The molecule has 6 heteroatoms. The molecule has 0 aliphatic heterocycles. The van der Waals surface area contributed by atoms with Gasteiger partial charge in [-0.2, -0.15) is 0 Å². The third kappa shape index (κ3) is 1.73. The molecule has 16 heavy (non-hydrogen) atoms. The zero-order valence-corrected chi connectivity index (χ0v) is 8.23. The minimum absolute atomic E-state index is 0.395. The van der Waals surface area contributed by atoms with Crippen molar-refractivity contribution in [2.24, 2.45) is 5.73 Å². The third-order valence-electron chi connectivity index (χ3n) is 2.30. The van der Waals surface area contributed by atoms with Crippen LogP contribution in [0.2, 0.25) is 0 Å². The molecule has 2 aromatic rings. The van der Waals surface area contributed by atoms with Gasteiger partial charge in [0.15, 0.2) is 0 Å². The number of carbonyl (C=O) groups excluding carboxylic acids is 1. The zero-order chi connectivity index (χ0) is 11.7. The zero-order valence-electron chi connectivity index (χ0n) is 8.23. The minimum Gasteiger partial charge on any atom is -0.351 e. The predicted octanol–water partition coefficient (Wildman–Crippen LogP) is 1.77. The van der Waals surface area contributed by atoms with Crippen LogP contribution in [0, 0.1) is 0 Å². The molecule has 2 aromatic heterocycles. The Hall–Kier alpha value is -1.98. The topological polar surface area (TPSA) is 60.9 Å². The summed E-state index contributed by atoms with van der Waals surface area (Å²) in [7, 11) is 0. The molecule has 0 atom stereocenters. The number of nitrogens with two attached hydrogens (primary N) is 1. The van der Waals surface area contributed by atoms with E-state index in [2.05, 4.69) is 4.98 Å². The Bertz CT molecular complexity index is 536. The summed E-state index contributed by atoms with van der Waals surface area (Å²) in [5.41, 5.74) is 5.98. The molecule has 0 bridgehead atoms. The number of pyridine rings is 1. The third-order valence-corrected chi connectivity index (χ3v) is 2.30. The van der Waals surface area contributed by atoms with Crippen molar-refractivity contribution in [2.45, 2.75) is 12.8 Å². The van der Waals surface area contributed by atoms with Gasteiger partial charge in [0.05, 0.1) is 11.7 Å². The van der Waals surface area contributed by atoms with Gasteiger partial charge in [-0.05, 0) is 11.6 Å². The first-order valence-electron chi connectivity index (χ1n) is 4.61. The second-order valence-corrected chi connectivity index (χ2v) is 3.35. The molecule has 0 saturated heterocycles. The Morgan fingerprint density at radius 3 is 2.94 bits per heavy atom. The molecule has 0 unspecified atom stereocenters. The maximum absolute atomic E-state index is 12.3. The summed E-state index contributed by atoms with van der Waals surface area (Å²) in [6.45, 7) is 0. The molecule has 2 N–H and O–H groups in total. The van der Waals surface area contributed by atoms with Crippen LogP contribution in [0.4, 0.5) is 13.6 Å². The van der Waals surface area contributed by atoms with E-state index in [1.165, 1.54) is 18.6 Å². The number of nitrogens with zero attached hydrogens (tertiary/aromatic N) is 2. The first-order valence-corrected chi connectivity index (χ1v) is 4.61. The number of hydrogen-bond acceptors (Lipinski definition) is 2. The Morgan fingerprint density at radius 1 is 1.56 bits per heavy atom. The van der Waals surface area contributed by atoms with Crippen LogP contribution in [0.25, 0.3) is 10.9 Å². The van der Waals surface area contributed by atoms with Gasteiger partial charge < -0.3 is 5.73 Å². The van der Waals surface area contributed by atoms with Gasteiger partial charge >= 0.3 is 6.03 Å². The van der Waals surface area contributed by atoms with E-state index in [0.717, 1.165) is 4.57 Å². The summed E-state index contributed by atoms with van der Waals surface area (Å²) in [6, 6.07) is 0.880. The van der Waals surface area contributed by atoms with E-state index in [9.17, 15) is 13.6 Å². The molecule has 2 rings (SSSR count). The first-order chi connectivity index (χ1) is 7.59. The fourth-order valence-electron chi connectivity index (χ4n) is 1.66. The Morgan fingerprint density at radius 2 is 2.31 bits per heavy atom. The van der Waals surface area contributed by atoms with Crippen molar-refractivity contribution in [3.63, 3.8) is 0 Å². The minimum atomic E-state index is -2.46. The average molecular weight is 225 g/mol. The molecular weight excluding hydrogens is 216 g/mol. The molecule has 0 saturated carbocycles. The lowest BCUT2D eigenvalue weighted by Gasteiger charge is -1.96. The van der Waals surface area contributed by atoms with Crippen molar-refractivity contribution < 1.29 is 13.6 Å². The van der Waals surface area contributed by atoms with E-state index in [0.29, 0.717) is 16.5 Å². The quantitative estimate of drug-likeness (QED) is 0.846. The monoisotopic (exact) mass is 225 g/mol. The van der Waals surface area contributed by atoms with E-state index in [1.807, 2.05) is 0 Å². The molecule has 0 aromatic carbocycles. The maximum atomic E-state index is 12.3. The van der Waals surface area contributed by atoms with Crippen LogP contribution in [0.1, 0.15) is 5.56 Å². The van der Waals surface area contributed by atoms with E-state index in [-0.39, 0.29) is 0 Å². The summed E-state index contributed by atoms with van der Waals surface area (Å²) in [4.78, 5) is 14.9. The lowest BCUT2D eigenvalue weighted by molar-refractivity contribution is 0.149. The van der Waals surface area contributed by atoms with Crippen molar-refractivity contribution in [3.05, 3.63) is 30.2 Å². The molecule has 4 nitrogen and oxygen atoms in total. The van der Waals surface area contributed by atoms with Crippen LogP contribution in [0.3, 0.4) is 0 Å². The van der Waals surface area contributed by atoms with Crippen LogP contribution < -0.4 is 5.73 Å². The highest BCUT2D eigenvalue weighted by Crippen LogP contribution is 2.22. The summed E-state index contributed by atoms with van der Waals surface area (Å²) < 4.78 is 25.8. The Kier molecular flexibility index (Phi) is 2.55. The molecule has 0 spiro atoms. The second-order valence-electron chi connectivity index (χ2n) is 3.35. The second kappa shape index (κ2) is 3.88. The highest BCUT2D eigenvalue weighted by Gasteiger charge is 2.14. The van der Waals surface area contributed by atoms with Crippen LogP contribution in [-0.2, 0) is 6.42 Å². The van der Waals surface area contributed by atoms with Crippen molar-refractivity contribution >= 4 is 16.9 Å². The number of rotatable bonds is 2. The lowest BCUT2D eigenvalue weighted by atomic mass is 10.1. The number of primary amides is 1. The largest absolute Gasteiger partial charge is 0.351 e. The van der Waals surface area contributed by atoms with Crippen LogP contribution in [0.5, 0.6) is 0 Å². The number of fused-ring (bicyclic) bond motifs is 1. The van der Waals surface area contributed by atoms with Gasteiger partial charge in [0.2, 0.25) is 6.43 Å². The first kappa shape index (κ1) is 10.5. The van der Waals surface area contributed by atoms with E-state index < -0.39 is 18.9 Å². The predicted molar refractivity (Wildman–Crippen MR) is 54.4 cm³/mol. The summed E-state index contributed by atoms with van der Waals surface area (Å²) in [5, 5.41) is 0.578. The van der Waals surface area contributed by atoms with Crippen molar-refractivity contribution in [2.75, 3.05) is 0 Å². The van der Waals surface area contributed by atoms with Gasteiger partial charge in [0, 0.05) is 24.2 Å². The highest BCUT2D eigenvalue weighted by atomic mass is 19.3. The molecule has 0 fully saturated rings. The Labute approximate surface area is 89.7 Å². The van der Waals surface area contributed by atoms with E-state index in [4.69, 9.17) is 5.73 Å². The summed E-state index contributed by atoms with van der Waals surface area (Å²) >= 11 is 0. The fraction of sp³-hybridized carbons (Fsp3) is 0.200. The lowest BCUT2D eigenvalue weighted by Crippen LogP contribution is -2.18. The molecular formula is C10H9F2N3O. The normalized spacial score (nSPS) is 11.2. The molecule has 0 aliphatic rings. The van der Waals surface area contributed by atoms with Gasteiger partial charge in [-0.1, -0.05) is 0 Å². The van der Waals surface area contributed by atoms with Gasteiger partial charge in [-0.15, -0.1) is 0 Å². The maximum Gasteiger partial charge on any atom is 0.323 e. The fourth-order valence-corrected chi connectivity index (χ4v) is 1.66. The summed E-state index contributed by atoms with van der Waals surface area (Å²) in [5.74, 6) is 0. The number of alkyl halides is 2. The SMILES string of the molecule is NC(=O)n1cc(CC(F)F)c2ccncc21. The van der Waals surface area contributed by atoms with Gasteiger partial charge in [0.25, 0.3) is 0 Å². The van der Waals surface area contributed by atoms with Crippen molar-refractivity contribution in [1.29, 1.82) is 0 Å². The molecule has 84 valence electrons. The molecule has 0 aliphatic carbocycles. The number of amides is 1. The highest BCUT2D eigenvalue weighted by molar-refractivity contribution is 5.92. The molecule has 2 heterocycles. The van der Waals surface area contributed by atoms with Crippen molar-refractivity contribution in [3.8, 4) is 0 Å². The van der Waals surface area contributed by atoms with Crippen molar-refractivity contribution in [1.82, 2.24) is 9.55 Å². The van der Waals surface area contributed by atoms with Crippen LogP contribution >= 0.6 is 0 Å². The summed E-state index contributed by atoms with van der Waals surface area (Å²) in [6.07, 6.45) is 1.39. The smallest absolute Gasteiger partial charge is 0.323 e. The molecule has 1 amide bonds. The van der Waals surface area contributed by atoms with E-state index >= 15 is 0 Å². The average Bonchev–Trinajstić information content (AvgIpc) is 2.57. The van der Waals surface area contributed by atoms with Gasteiger partial charge in [-0.25, -0.2) is 13.6 Å². The van der Waals surface area contributed by atoms with Crippen LogP contribution in [0.15, 0.2) is 24.7 Å². The standard InChI is InChI=1S/C10H9F2N3O/c11-9(12)3-6-5-15(10(13)16)8-4-14-2-1-7(6)8/h1-2,4-5,9H,3H2,(H2,13,16). The number of aromatic nitrogens is 2. The van der Waals surface area contributed by atoms with Gasteiger partial charge in [0.1, 0.15) is 0 Å².